The summed E-state index contributed by atoms with van der Waals surface area (Å²) in [7, 11) is 1.88. The summed E-state index contributed by atoms with van der Waals surface area (Å²) in [5.74, 6) is 1.82. The van der Waals surface area contributed by atoms with E-state index in [1.165, 1.54) is 0 Å². The molecule has 0 amide bonds. The Morgan fingerprint density at radius 1 is 1.24 bits per heavy atom. The lowest BCUT2D eigenvalue weighted by Crippen LogP contribution is -2.10. The van der Waals surface area contributed by atoms with Crippen molar-refractivity contribution in [2.75, 3.05) is 37.4 Å². The van der Waals surface area contributed by atoms with E-state index in [2.05, 4.69) is 27.5 Å². The Kier molecular flexibility index (Phi) is 6.32. The fraction of sp³-hybridized carbons (Fsp3) is 0.667. The second-order valence-electron chi connectivity index (χ2n) is 3.63. The molecule has 0 saturated heterocycles. The van der Waals surface area contributed by atoms with E-state index in [0.29, 0.717) is 0 Å². The van der Waals surface area contributed by atoms with Crippen molar-refractivity contribution in [3.8, 4) is 0 Å². The average molecular weight is 238 g/mol. The zero-order valence-electron chi connectivity index (χ0n) is 10.9. The van der Waals surface area contributed by atoms with Crippen molar-refractivity contribution in [1.82, 2.24) is 9.97 Å². The summed E-state index contributed by atoms with van der Waals surface area (Å²) in [4.78, 5) is 8.47. The van der Waals surface area contributed by atoms with Crippen molar-refractivity contribution in [1.29, 1.82) is 0 Å². The number of hydrogen-bond acceptors (Lipinski definition) is 5. The molecule has 1 aromatic heterocycles. The standard InChI is InChI=1S/C12H22N4O/c1-4-10-11(13-3)15-9-16-12(10)14-7-6-8-17-5-2/h9H,4-8H2,1-3H3,(H2,13,14,15,16). The monoisotopic (exact) mass is 238 g/mol. The molecule has 1 aromatic rings. The van der Waals surface area contributed by atoms with E-state index in [9.17, 15) is 0 Å². The Bertz CT molecular complexity index is 330. The van der Waals surface area contributed by atoms with Crippen LogP contribution in [-0.2, 0) is 11.2 Å². The Hall–Kier alpha value is -1.36. The maximum atomic E-state index is 5.29. The number of nitrogens with one attached hydrogen (secondary N) is 2. The van der Waals surface area contributed by atoms with Gasteiger partial charge in [0.15, 0.2) is 0 Å². The SMILES string of the molecule is CCOCCCNc1ncnc(NC)c1CC. The van der Waals surface area contributed by atoms with Gasteiger partial charge in [-0.1, -0.05) is 6.92 Å². The zero-order valence-corrected chi connectivity index (χ0v) is 10.9. The zero-order chi connectivity index (χ0) is 12.5. The first kappa shape index (κ1) is 13.7. The number of hydrogen-bond donors (Lipinski definition) is 2. The van der Waals surface area contributed by atoms with Crippen LogP contribution in [-0.4, -0.2) is 36.8 Å². The van der Waals surface area contributed by atoms with Gasteiger partial charge >= 0.3 is 0 Å². The lowest BCUT2D eigenvalue weighted by molar-refractivity contribution is 0.147. The van der Waals surface area contributed by atoms with Crippen LogP contribution in [0.15, 0.2) is 6.33 Å². The average Bonchev–Trinajstić information content (AvgIpc) is 2.38. The number of rotatable bonds is 8. The van der Waals surface area contributed by atoms with Gasteiger partial charge in [0.2, 0.25) is 0 Å². The van der Waals surface area contributed by atoms with Gasteiger partial charge < -0.3 is 15.4 Å². The van der Waals surface area contributed by atoms with Crippen LogP contribution >= 0.6 is 0 Å². The van der Waals surface area contributed by atoms with Gasteiger partial charge in [0.1, 0.15) is 18.0 Å². The minimum absolute atomic E-state index is 0.775. The summed E-state index contributed by atoms with van der Waals surface area (Å²) in [6, 6.07) is 0. The number of nitrogens with zero attached hydrogens (tertiary/aromatic N) is 2. The Morgan fingerprint density at radius 3 is 2.65 bits per heavy atom. The third-order valence-electron chi connectivity index (χ3n) is 2.50. The van der Waals surface area contributed by atoms with Crippen LogP contribution in [0.2, 0.25) is 0 Å². The second-order valence-corrected chi connectivity index (χ2v) is 3.63. The normalized spacial score (nSPS) is 10.3. The Labute approximate surface area is 103 Å². The van der Waals surface area contributed by atoms with Gasteiger partial charge in [0, 0.05) is 32.4 Å². The Morgan fingerprint density at radius 2 is 2.00 bits per heavy atom. The molecule has 0 aromatic carbocycles. The van der Waals surface area contributed by atoms with E-state index in [-0.39, 0.29) is 0 Å². The van der Waals surface area contributed by atoms with E-state index in [0.717, 1.165) is 49.8 Å². The van der Waals surface area contributed by atoms with Crippen LogP contribution in [0.25, 0.3) is 0 Å². The molecule has 0 aliphatic carbocycles. The maximum absolute atomic E-state index is 5.29. The third kappa shape index (κ3) is 4.19. The molecule has 5 heteroatoms. The molecule has 0 unspecified atom stereocenters. The van der Waals surface area contributed by atoms with Crippen LogP contribution in [0.1, 0.15) is 25.8 Å². The van der Waals surface area contributed by atoms with E-state index in [4.69, 9.17) is 4.74 Å². The molecule has 1 heterocycles. The van der Waals surface area contributed by atoms with Gasteiger partial charge in [0.25, 0.3) is 0 Å². The highest BCUT2D eigenvalue weighted by atomic mass is 16.5. The molecular weight excluding hydrogens is 216 g/mol. The molecule has 2 N–H and O–H groups in total. The lowest BCUT2D eigenvalue weighted by Gasteiger charge is -2.12. The van der Waals surface area contributed by atoms with Crippen LogP contribution in [0.3, 0.4) is 0 Å². The van der Waals surface area contributed by atoms with Gasteiger partial charge in [-0.05, 0) is 19.8 Å². The maximum Gasteiger partial charge on any atom is 0.134 e. The van der Waals surface area contributed by atoms with Crippen molar-refractivity contribution >= 4 is 11.6 Å². The topological polar surface area (TPSA) is 59.1 Å². The predicted molar refractivity (Wildman–Crippen MR) is 70.6 cm³/mol. The fourth-order valence-electron chi connectivity index (χ4n) is 1.64. The van der Waals surface area contributed by atoms with E-state index in [1.54, 1.807) is 6.33 Å². The van der Waals surface area contributed by atoms with Gasteiger partial charge in [0.05, 0.1) is 0 Å². The van der Waals surface area contributed by atoms with Gasteiger partial charge in [-0.25, -0.2) is 9.97 Å². The minimum atomic E-state index is 0.775. The highest BCUT2D eigenvalue weighted by Crippen LogP contribution is 2.19. The summed E-state index contributed by atoms with van der Waals surface area (Å²) in [6.07, 6.45) is 3.47. The summed E-state index contributed by atoms with van der Waals surface area (Å²) in [6.45, 7) is 6.54. The van der Waals surface area contributed by atoms with Crippen molar-refractivity contribution in [3.05, 3.63) is 11.9 Å². The quantitative estimate of drug-likeness (QED) is 0.678. The number of anilines is 2. The highest BCUT2D eigenvalue weighted by Gasteiger charge is 2.07. The largest absolute Gasteiger partial charge is 0.382 e. The second kappa shape index (κ2) is 7.84. The van der Waals surface area contributed by atoms with E-state index >= 15 is 0 Å². The molecule has 0 aliphatic rings. The number of aromatic nitrogens is 2. The predicted octanol–water partition coefficient (Wildman–Crippen LogP) is 1.92. The summed E-state index contributed by atoms with van der Waals surface area (Å²) in [5, 5.41) is 6.41. The molecule has 0 saturated carbocycles. The van der Waals surface area contributed by atoms with Crippen LogP contribution in [0.4, 0.5) is 11.6 Å². The van der Waals surface area contributed by atoms with E-state index in [1.807, 2.05) is 14.0 Å². The molecule has 0 aliphatic heterocycles. The molecule has 17 heavy (non-hydrogen) atoms. The lowest BCUT2D eigenvalue weighted by atomic mass is 10.2. The molecular formula is C12H22N4O. The molecule has 0 bridgehead atoms. The first-order valence-corrected chi connectivity index (χ1v) is 6.16. The fourth-order valence-corrected chi connectivity index (χ4v) is 1.64. The molecule has 1 rings (SSSR count). The van der Waals surface area contributed by atoms with Crippen LogP contribution < -0.4 is 10.6 Å². The van der Waals surface area contributed by atoms with Crippen molar-refractivity contribution < 1.29 is 4.74 Å². The van der Waals surface area contributed by atoms with Crippen molar-refractivity contribution in [2.45, 2.75) is 26.7 Å². The van der Waals surface area contributed by atoms with Gasteiger partial charge in [-0.3, -0.25) is 0 Å². The van der Waals surface area contributed by atoms with E-state index < -0.39 is 0 Å². The van der Waals surface area contributed by atoms with Crippen LogP contribution in [0, 0.1) is 0 Å². The van der Waals surface area contributed by atoms with Crippen molar-refractivity contribution in [3.63, 3.8) is 0 Å². The molecule has 0 radical (unpaired) electrons. The smallest absolute Gasteiger partial charge is 0.134 e. The van der Waals surface area contributed by atoms with Crippen LogP contribution in [0.5, 0.6) is 0 Å². The molecule has 0 fully saturated rings. The number of ether oxygens (including phenoxy) is 1. The summed E-state index contributed by atoms with van der Waals surface area (Å²) in [5.41, 5.74) is 1.13. The molecule has 0 spiro atoms. The molecule has 0 atom stereocenters. The molecule has 96 valence electrons. The first-order chi connectivity index (χ1) is 8.33. The summed E-state index contributed by atoms with van der Waals surface area (Å²) < 4.78 is 5.29. The molecule has 5 nitrogen and oxygen atoms in total. The van der Waals surface area contributed by atoms with Gasteiger partial charge in [-0.15, -0.1) is 0 Å². The Balaban J connectivity index is 2.52. The van der Waals surface area contributed by atoms with Crippen molar-refractivity contribution in [2.24, 2.45) is 0 Å². The highest BCUT2D eigenvalue weighted by molar-refractivity contribution is 5.56. The van der Waals surface area contributed by atoms with Gasteiger partial charge in [-0.2, -0.15) is 0 Å². The minimum Gasteiger partial charge on any atom is -0.382 e. The third-order valence-corrected chi connectivity index (χ3v) is 2.50. The first-order valence-electron chi connectivity index (χ1n) is 6.16. The summed E-state index contributed by atoms with van der Waals surface area (Å²) >= 11 is 0.